The maximum absolute atomic E-state index is 12.5. The Balaban J connectivity index is 1.48. The Morgan fingerprint density at radius 3 is 2.70 bits per heavy atom. The molecule has 2 aromatic heterocycles. The van der Waals surface area contributed by atoms with Gasteiger partial charge in [-0.3, -0.25) is 19.4 Å². The molecule has 2 aromatic carbocycles. The molecule has 8 heteroatoms. The van der Waals surface area contributed by atoms with Gasteiger partial charge in [-0.25, -0.2) is 0 Å². The van der Waals surface area contributed by atoms with Crippen molar-refractivity contribution in [3.8, 4) is 5.75 Å². The number of rotatable bonds is 5. The number of methoxy groups -OCH3 is 1. The van der Waals surface area contributed by atoms with E-state index in [0.29, 0.717) is 33.2 Å². The Kier molecular flexibility index (Phi) is 5.13. The molecule has 0 saturated heterocycles. The second-order valence-electron chi connectivity index (χ2n) is 6.52. The highest BCUT2D eigenvalue weighted by Crippen LogP contribution is 2.29. The van der Waals surface area contributed by atoms with Crippen LogP contribution in [0.1, 0.15) is 10.4 Å². The van der Waals surface area contributed by atoms with E-state index in [1.807, 2.05) is 6.07 Å². The van der Waals surface area contributed by atoms with Crippen molar-refractivity contribution < 1.29 is 14.3 Å². The summed E-state index contributed by atoms with van der Waals surface area (Å²) >= 11 is 0. The standard InChI is InChI=1S/C22H18N4O4/c1-30-18-9-8-17(13-6-4-10-23-20(13)18)26-19(27)12-25-22(29)15-11-24-16-7-3-2-5-14(16)21(15)28/h2-11H,12H2,1H3,(H,24,28)(H,25,29)(H,26,27). The number of para-hydroxylation sites is 1. The van der Waals surface area contributed by atoms with Gasteiger partial charge >= 0.3 is 0 Å². The van der Waals surface area contributed by atoms with Crippen LogP contribution in [0.5, 0.6) is 5.75 Å². The summed E-state index contributed by atoms with van der Waals surface area (Å²) in [5.74, 6) is -0.471. The van der Waals surface area contributed by atoms with Crippen molar-refractivity contribution >= 4 is 39.3 Å². The molecule has 0 bridgehead atoms. The highest BCUT2D eigenvalue weighted by Gasteiger charge is 2.15. The van der Waals surface area contributed by atoms with Crippen LogP contribution >= 0.6 is 0 Å². The number of ether oxygens (including phenoxy) is 1. The first-order valence-corrected chi connectivity index (χ1v) is 9.18. The van der Waals surface area contributed by atoms with E-state index in [-0.39, 0.29) is 12.1 Å². The fourth-order valence-corrected chi connectivity index (χ4v) is 3.21. The van der Waals surface area contributed by atoms with Gasteiger partial charge in [0.25, 0.3) is 5.91 Å². The van der Waals surface area contributed by atoms with E-state index in [1.54, 1.807) is 55.8 Å². The van der Waals surface area contributed by atoms with E-state index in [1.165, 1.54) is 6.20 Å². The molecule has 0 aliphatic heterocycles. The van der Waals surface area contributed by atoms with Crippen molar-refractivity contribution in [2.24, 2.45) is 0 Å². The molecule has 4 aromatic rings. The van der Waals surface area contributed by atoms with Gasteiger partial charge in [-0.15, -0.1) is 0 Å². The third kappa shape index (κ3) is 3.58. The largest absolute Gasteiger partial charge is 0.494 e. The highest BCUT2D eigenvalue weighted by molar-refractivity contribution is 6.05. The molecule has 0 saturated carbocycles. The predicted molar refractivity (Wildman–Crippen MR) is 114 cm³/mol. The Hall–Kier alpha value is -4.20. The van der Waals surface area contributed by atoms with Gasteiger partial charge in [0.2, 0.25) is 11.3 Å². The number of pyridine rings is 2. The summed E-state index contributed by atoms with van der Waals surface area (Å²) in [6.07, 6.45) is 2.98. The zero-order valence-corrected chi connectivity index (χ0v) is 16.1. The van der Waals surface area contributed by atoms with Crippen molar-refractivity contribution in [2.75, 3.05) is 19.0 Å². The summed E-state index contributed by atoms with van der Waals surface area (Å²) in [6.45, 7) is -0.293. The maximum Gasteiger partial charge on any atom is 0.257 e. The topological polar surface area (TPSA) is 113 Å². The molecule has 0 spiro atoms. The van der Waals surface area contributed by atoms with Crippen LogP contribution in [0.25, 0.3) is 21.8 Å². The molecule has 0 fully saturated rings. The van der Waals surface area contributed by atoms with Crippen LogP contribution in [0.3, 0.4) is 0 Å². The minimum Gasteiger partial charge on any atom is -0.494 e. The van der Waals surface area contributed by atoms with Crippen LogP contribution in [-0.2, 0) is 4.79 Å². The number of nitrogens with one attached hydrogen (secondary N) is 3. The van der Waals surface area contributed by atoms with Crippen LogP contribution in [0.2, 0.25) is 0 Å². The minimum absolute atomic E-state index is 0.0550. The lowest BCUT2D eigenvalue weighted by Crippen LogP contribution is -2.35. The second kappa shape index (κ2) is 8.04. The molecule has 8 nitrogen and oxygen atoms in total. The number of aromatic nitrogens is 2. The summed E-state index contributed by atoms with van der Waals surface area (Å²) in [4.78, 5) is 44.5. The number of nitrogens with zero attached hydrogens (tertiary/aromatic N) is 1. The predicted octanol–water partition coefficient (Wildman–Crippen LogP) is 2.45. The van der Waals surface area contributed by atoms with E-state index >= 15 is 0 Å². The fourth-order valence-electron chi connectivity index (χ4n) is 3.21. The van der Waals surface area contributed by atoms with Crippen molar-refractivity contribution in [3.63, 3.8) is 0 Å². The van der Waals surface area contributed by atoms with Gasteiger partial charge in [0, 0.05) is 28.7 Å². The Labute approximate surface area is 170 Å². The normalized spacial score (nSPS) is 10.7. The van der Waals surface area contributed by atoms with Gasteiger partial charge < -0.3 is 20.4 Å². The maximum atomic E-state index is 12.5. The number of anilines is 1. The van der Waals surface area contributed by atoms with Gasteiger partial charge in [0.1, 0.15) is 16.8 Å². The molecule has 0 unspecified atom stereocenters. The van der Waals surface area contributed by atoms with Crippen LogP contribution in [-0.4, -0.2) is 35.4 Å². The van der Waals surface area contributed by atoms with E-state index in [9.17, 15) is 14.4 Å². The lowest BCUT2D eigenvalue weighted by molar-refractivity contribution is -0.115. The lowest BCUT2D eigenvalue weighted by atomic mass is 10.1. The lowest BCUT2D eigenvalue weighted by Gasteiger charge is -2.11. The highest BCUT2D eigenvalue weighted by atomic mass is 16.5. The molecule has 150 valence electrons. The molecule has 30 heavy (non-hydrogen) atoms. The van der Waals surface area contributed by atoms with Crippen LogP contribution in [0.4, 0.5) is 5.69 Å². The first-order chi connectivity index (χ1) is 14.6. The minimum atomic E-state index is -0.626. The molecule has 4 rings (SSSR count). The molecule has 0 radical (unpaired) electrons. The fraction of sp³-hybridized carbons (Fsp3) is 0.0909. The van der Waals surface area contributed by atoms with Crippen molar-refractivity contribution in [1.82, 2.24) is 15.3 Å². The smallest absolute Gasteiger partial charge is 0.257 e. The Morgan fingerprint density at radius 2 is 1.87 bits per heavy atom. The summed E-state index contributed by atoms with van der Waals surface area (Å²) in [6, 6.07) is 13.9. The zero-order valence-electron chi connectivity index (χ0n) is 16.1. The van der Waals surface area contributed by atoms with Crippen LogP contribution in [0, 0.1) is 0 Å². The monoisotopic (exact) mass is 402 g/mol. The zero-order chi connectivity index (χ0) is 21.1. The molecule has 2 amide bonds. The van der Waals surface area contributed by atoms with Crippen LogP contribution in [0.15, 0.2) is 65.7 Å². The number of hydrogen-bond donors (Lipinski definition) is 3. The molecular formula is C22H18N4O4. The van der Waals surface area contributed by atoms with E-state index in [4.69, 9.17) is 4.74 Å². The van der Waals surface area contributed by atoms with E-state index in [2.05, 4.69) is 20.6 Å². The van der Waals surface area contributed by atoms with Gasteiger partial charge in [-0.1, -0.05) is 12.1 Å². The van der Waals surface area contributed by atoms with Gasteiger partial charge in [-0.2, -0.15) is 0 Å². The first-order valence-electron chi connectivity index (χ1n) is 9.18. The number of carbonyl (C=O) groups is 2. The molecule has 0 aliphatic rings. The summed E-state index contributed by atoms with van der Waals surface area (Å²) in [7, 11) is 1.55. The van der Waals surface area contributed by atoms with E-state index < -0.39 is 17.2 Å². The van der Waals surface area contributed by atoms with Crippen molar-refractivity contribution in [3.05, 3.63) is 76.7 Å². The summed E-state index contributed by atoms with van der Waals surface area (Å²) in [5, 5.41) is 6.36. The Bertz CT molecular complexity index is 1330. The summed E-state index contributed by atoms with van der Waals surface area (Å²) < 4.78 is 5.29. The summed E-state index contributed by atoms with van der Waals surface area (Å²) in [5.41, 5.74) is 1.35. The average molecular weight is 402 g/mol. The average Bonchev–Trinajstić information content (AvgIpc) is 2.78. The second-order valence-corrected chi connectivity index (χ2v) is 6.52. The number of hydrogen-bond acceptors (Lipinski definition) is 5. The third-order valence-corrected chi connectivity index (χ3v) is 4.67. The molecule has 0 aliphatic carbocycles. The van der Waals surface area contributed by atoms with Crippen molar-refractivity contribution in [1.29, 1.82) is 0 Å². The third-order valence-electron chi connectivity index (χ3n) is 4.67. The molecular weight excluding hydrogens is 384 g/mol. The van der Waals surface area contributed by atoms with Gasteiger partial charge in [0.05, 0.1) is 19.3 Å². The SMILES string of the molecule is COc1ccc(NC(=O)CNC(=O)c2c[nH]c3ccccc3c2=O)c2cccnc12. The van der Waals surface area contributed by atoms with Gasteiger partial charge in [-0.05, 0) is 36.4 Å². The molecule has 3 N–H and O–H groups in total. The quantitative estimate of drug-likeness (QED) is 0.475. The Morgan fingerprint density at radius 1 is 1.07 bits per heavy atom. The first kappa shape index (κ1) is 19.1. The number of aromatic amines is 1. The number of carbonyl (C=O) groups excluding carboxylic acids is 2. The molecule has 2 heterocycles. The number of H-pyrrole nitrogens is 1. The number of fused-ring (bicyclic) bond motifs is 2. The van der Waals surface area contributed by atoms with Gasteiger partial charge in [0.15, 0.2) is 0 Å². The van der Waals surface area contributed by atoms with E-state index in [0.717, 1.165) is 0 Å². The number of amides is 2. The number of benzene rings is 2. The van der Waals surface area contributed by atoms with Crippen molar-refractivity contribution in [2.45, 2.75) is 0 Å². The van der Waals surface area contributed by atoms with Crippen LogP contribution < -0.4 is 20.8 Å². The molecule has 0 atom stereocenters.